The first-order valence-corrected chi connectivity index (χ1v) is 7.96. The maximum absolute atomic E-state index is 12.8. The van der Waals surface area contributed by atoms with E-state index in [-0.39, 0.29) is 11.3 Å². The molecule has 1 amide bonds. The number of aromatic nitrogens is 2. The molecule has 0 aliphatic rings. The van der Waals surface area contributed by atoms with Crippen LogP contribution in [0.25, 0.3) is 17.0 Å². The SMILES string of the molecule is C=Cc1cc2cc(NC(=O)c3cccc(C(F)(F)F)n3)c(C(=O)OC)cc2[nH]1. The summed E-state index contributed by atoms with van der Waals surface area (Å²) in [6, 6.07) is 7.71. The van der Waals surface area contributed by atoms with E-state index in [9.17, 15) is 22.8 Å². The molecule has 3 aromatic rings. The van der Waals surface area contributed by atoms with Crippen molar-refractivity contribution in [3.63, 3.8) is 0 Å². The number of hydrogen-bond donors (Lipinski definition) is 2. The minimum absolute atomic E-state index is 0.0350. The van der Waals surface area contributed by atoms with Crippen molar-refractivity contribution < 1.29 is 27.5 Å². The van der Waals surface area contributed by atoms with E-state index < -0.39 is 29.4 Å². The van der Waals surface area contributed by atoms with Crippen LogP contribution in [0.1, 0.15) is 32.2 Å². The molecule has 144 valence electrons. The Balaban J connectivity index is 2.01. The molecule has 0 bridgehead atoms. The zero-order chi connectivity index (χ0) is 20.5. The predicted molar refractivity (Wildman–Crippen MR) is 96.9 cm³/mol. The number of nitrogens with zero attached hydrogens (tertiary/aromatic N) is 1. The lowest BCUT2D eigenvalue weighted by atomic mass is 10.1. The van der Waals surface area contributed by atoms with Gasteiger partial charge in [0.05, 0.1) is 18.4 Å². The van der Waals surface area contributed by atoms with E-state index in [4.69, 9.17) is 4.74 Å². The normalized spacial score (nSPS) is 11.3. The van der Waals surface area contributed by atoms with Gasteiger partial charge in [-0.25, -0.2) is 9.78 Å². The van der Waals surface area contributed by atoms with Crippen LogP contribution in [0.2, 0.25) is 0 Å². The lowest BCUT2D eigenvalue weighted by Crippen LogP contribution is -2.18. The van der Waals surface area contributed by atoms with Crippen molar-refractivity contribution >= 4 is 34.5 Å². The van der Waals surface area contributed by atoms with Crippen LogP contribution in [0.4, 0.5) is 18.9 Å². The van der Waals surface area contributed by atoms with Crippen molar-refractivity contribution in [1.29, 1.82) is 0 Å². The Hall–Kier alpha value is -3.62. The highest BCUT2D eigenvalue weighted by atomic mass is 19.4. The van der Waals surface area contributed by atoms with Crippen LogP contribution in [0, 0.1) is 0 Å². The molecule has 0 aliphatic heterocycles. The summed E-state index contributed by atoms with van der Waals surface area (Å²) < 4.78 is 43.2. The van der Waals surface area contributed by atoms with Gasteiger partial charge in [0, 0.05) is 16.6 Å². The number of fused-ring (bicyclic) bond motifs is 1. The van der Waals surface area contributed by atoms with Gasteiger partial charge in [0.15, 0.2) is 0 Å². The lowest BCUT2D eigenvalue weighted by Gasteiger charge is -2.11. The van der Waals surface area contributed by atoms with Gasteiger partial charge < -0.3 is 15.0 Å². The number of anilines is 1. The summed E-state index contributed by atoms with van der Waals surface area (Å²) in [6.07, 6.45) is -3.11. The molecule has 0 radical (unpaired) electrons. The second-order valence-corrected chi connectivity index (χ2v) is 5.77. The van der Waals surface area contributed by atoms with Gasteiger partial charge in [-0.3, -0.25) is 4.79 Å². The van der Waals surface area contributed by atoms with Crippen LogP contribution in [-0.2, 0) is 10.9 Å². The van der Waals surface area contributed by atoms with Crippen LogP contribution in [0.5, 0.6) is 0 Å². The number of hydrogen-bond acceptors (Lipinski definition) is 4. The molecule has 1 aromatic carbocycles. The molecule has 0 atom stereocenters. The molecule has 3 rings (SSSR count). The number of alkyl halides is 3. The Morgan fingerprint density at radius 1 is 1.25 bits per heavy atom. The fraction of sp³-hybridized carbons (Fsp3) is 0.105. The fourth-order valence-electron chi connectivity index (χ4n) is 2.60. The molecule has 28 heavy (non-hydrogen) atoms. The third kappa shape index (κ3) is 3.73. The van der Waals surface area contributed by atoms with E-state index in [1.807, 2.05) is 0 Å². The number of rotatable bonds is 4. The molecule has 0 saturated carbocycles. The van der Waals surface area contributed by atoms with Gasteiger partial charge in [-0.05, 0) is 36.4 Å². The zero-order valence-corrected chi connectivity index (χ0v) is 14.6. The maximum atomic E-state index is 12.8. The van der Waals surface area contributed by atoms with Crippen molar-refractivity contribution in [2.24, 2.45) is 0 Å². The third-order valence-corrected chi connectivity index (χ3v) is 3.93. The zero-order valence-electron chi connectivity index (χ0n) is 14.6. The molecule has 2 N–H and O–H groups in total. The summed E-state index contributed by atoms with van der Waals surface area (Å²) in [5, 5.41) is 3.09. The summed E-state index contributed by atoms with van der Waals surface area (Å²) in [4.78, 5) is 30.9. The van der Waals surface area contributed by atoms with Crippen LogP contribution in [0.15, 0.2) is 43.0 Å². The molecular weight excluding hydrogens is 375 g/mol. The highest BCUT2D eigenvalue weighted by Gasteiger charge is 2.33. The molecule has 0 spiro atoms. The van der Waals surface area contributed by atoms with E-state index in [1.165, 1.54) is 19.2 Å². The number of H-pyrrole nitrogens is 1. The highest BCUT2D eigenvalue weighted by molar-refractivity contribution is 6.09. The maximum Gasteiger partial charge on any atom is 0.433 e. The second-order valence-electron chi connectivity index (χ2n) is 5.77. The topological polar surface area (TPSA) is 84.1 Å². The van der Waals surface area contributed by atoms with Crippen molar-refractivity contribution in [3.8, 4) is 0 Å². The van der Waals surface area contributed by atoms with E-state index in [0.717, 1.165) is 18.2 Å². The Bertz CT molecular complexity index is 1090. The highest BCUT2D eigenvalue weighted by Crippen LogP contribution is 2.28. The number of carbonyl (C=O) groups excluding carboxylic acids is 2. The minimum Gasteiger partial charge on any atom is -0.465 e. The Kier molecular flexibility index (Phi) is 4.91. The molecule has 0 fully saturated rings. The predicted octanol–water partition coefficient (Wildman–Crippen LogP) is 4.26. The Morgan fingerprint density at radius 2 is 2.00 bits per heavy atom. The number of methoxy groups -OCH3 is 1. The molecule has 2 heterocycles. The van der Waals surface area contributed by atoms with E-state index >= 15 is 0 Å². The van der Waals surface area contributed by atoms with E-state index in [2.05, 4.69) is 21.9 Å². The Labute approximate surface area is 157 Å². The van der Waals surface area contributed by atoms with Gasteiger partial charge in [-0.15, -0.1) is 0 Å². The van der Waals surface area contributed by atoms with Crippen LogP contribution in [-0.4, -0.2) is 29.0 Å². The number of aromatic amines is 1. The largest absolute Gasteiger partial charge is 0.465 e. The summed E-state index contributed by atoms with van der Waals surface area (Å²) in [7, 11) is 1.18. The van der Waals surface area contributed by atoms with E-state index in [0.29, 0.717) is 16.6 Å². The number of ether oxygens (including phenoxy) is 1. The summed E-state index contributed by atoms with van der Waals surface area (Å²) >= 11 is 0. The van der Waals surface area contributed by atoms with Crippen molar-refractivity contribution in [1.82, 2.24) is 9.97 Å². The summed E-state index contributed by atoms with van der Waals surface area (Å²) in [5.41, 5.74) is -0.220. The minimum atomic E-state index is -4.68. The summed E-state index contributed by atoms with van der Waals surface area (Å²) in [5.74, 6) is -1.61. The van der Waals surface area contributed by atoms with Crippen molar-refractivity contribution in [2.45, 2.75) is 6.18 Å². The Morgan fingerprint density at radius 3 is 2.64 bits per heavy atom. The first-order chi connectivity index (χ1) is 13.2. The van der Waals surface area contributed by atoms with Gasteiger partial charge in [0.25, 0.3) is 5.91 Å². The monoisotopic (exact) mass is 389 g/mol. The molecule has 0 saturated heterocycles. The van der Waals surface area contributed by atoms with Gasteiger partial charge >= 0.3 is 12.1 Å². The number of nitrogens with one attached hydrogen (secondary N) is 2. The molecule has 0 unspecified atom stereocenters. The van der Waals surface area contributed by atoms with Crippen LogP contribution < -0.4 is 5.32 Å². The standard InChI is InChI=1S/C19H14F3N3O3/c1-3-11-7-10-8-15(12(18(27)28-2)9-14(10)23-11)25-17(26)13-5-4-6-16(24-13)19(20,21)22/h3-9,23H,1H2,2H3,(H,25,26). The number of halogens is 3. The van der Waals surface area contributed by atoms with Gasteiger partial charge in [0.2, 0.25) is 0 Å². The quantitative estimate of drug-likeness (QED) is 0.653. The number of esters is 1. The van der Waals surface area contributed by atoms with Crippen LogP contribution >= 0.6 is 0 Å². The summed E-state index contributed by atoms with van der Waals surface area (Å²) in [6.45, 7) is 3.65. The number of amides is 1. The van der Waals surface area contributed by atoms with E-state index in [1.54, 1.807) is 12.1 Å². The first-order valence-electron chi connectivity index (χ1n) is 7.96. The number of carbonyl (C=O) groups is 2. The number of benzene rings is 1. The van der Waals surface area contributed by atoms with Crippen LogP contribution in [0.3, 0.4) is 0 Å². The van der Waals surface area contributed by atoms with Crippen molar-refractivity contribution in [2.75, 3.05) is 12.4 Å². The lowest BCUT2D eigenvalue weighted by molar-refractivity contribution is -0.141. The average molecular weight is 389 g/mol. The fourth-order valence-corrected chi connectivity index (χ4v) is 2.60. The van der Waals surface area contributed by atoms with Gasteiger partial charge in [-0.2, -0.15) is 13.2 Å². The second kappa shape index (κ2) is 7.18. The molecule has 9 heteroatoms. The molecule has 2 aromatic heterocycles. The molecule has 0 aliphatic carbocycles. The average Bonchev–Trinajstić information content (AvgIpc) is 3.08. The smallest absolute Gasteiger partial charge is 0.433 e. The van der Waals surface area contributed by atoms with Crippen molar-refractivity contribution in [3.05, 3.63) is 65.6 Å². The molecular formula is C19H14F3N3O3. The molecule has 6 nitrogen and oxygen atoms in total. The van der Waals surface area contributed by atoms with Gasteiger partial charge in [0.1, 0.15) is 11.4 Å². The third-order valence-electron chi connectivity index (χ3n) is 3.93. The van der Waals surface area contributed by atoms with Gasteiger partial charge in [-0.1, -0.05) is 12.6 Å². The first kappa shape index (κ1) is 19.2. The number of pyridine rings is 1.